The third-order valence-corrected chi connectivity index (χ3v) is 7.65. The molecule has 0 saturated carbocycles. The van der Waals surface area contributed by atoms with E-state index in [0.29, 0.717) is 10.7 Å². The van der Waals surface area contributed by atoms with Gasteiger partial charge in [-0.2, -0.15) is 0 Å². The minimum Gasteiger partial charge on any atom is -0.111 e. The first-order valence-electron chi connectivity index (χ1n) is 8.55. The summed E-state index contributed by atoms with van der Waals surface area (Å²) < 4.78 is 1.28. The standard InChI is InChI=1S/C21H27BrS/c1-14(18-8-9-19(22)23-18)12-15-6-7-16-17(13-15)21(4,5)11-10-20(16,2)3/h6-7,9,12-13,18H,8,10-11H2,1-5H3/b14-12-. The Morgan fingerprint density at radius 3 is 2.39 bits per heavy atom. The topological polar surface area (TPSA) is 0 Å². The highest BCUT2D eigenvalue weighted by molar-refractivity contribution is 9.14. The maximum Gasteiger partial charge on any atom is 0.0469 e. The summed E-state index contributed by atoms with van der Waals surface area (Å²) >= 11 is 5.54. The molecule has 0 saturated heterocycles. The molecule has 0 bridgehead atoms. The molecule has 1 aliphatic carbocycles. The minimum absolute atomic E-state index is 0.287. The SMILES string of the molecule is C/C(=C/c1ccc2c(c1)C(C)(C)CCC2(C)C)C1CC=C(Br)S1. The van der Waals surface area contributed by atoms with Gasteiger partial charge in [-0.05, 0) is 69.6 Å². The Balaban J connectivity index is 1.94. The maximum atomic E-state index is 3.61. The summed E-state index contributed by atoms with van der Waals surface area (Å²) in [6.45, 7) is 11.8. The third-order valence-electron chi connectivity index (χ3n) is 5.53. The van der Waals surface area contributed by atoms with Crippen LogP contribution in [0.5, 0.6) is 0 Å². The summed E-state index contributed by atoms with van der Waals surface area (Å²) in [5.74, 6) is 0. The highest BCUT2D eigenvalue weighted by atomic mass is 79.9. The van der Waals surface area contributed by atoms with Crippen LogP contribution in [-0.2, 0) is 10.8 Å². The molecule has 1 atom stereocenters. The molecular weight excluding hydrogens is 364 g/mol. The molecule has 1 aliphatic heterocycles. The average molecular weight is 391 g/mol. The maximum absolute atomic E-state index is 3.61. The van der Waals surface area contributed by atoms with Gasteiger partial charge in [0.25, 0.3) is 0 Å². The van der Waals surface area contributed by atoms with Crippen molar-refractivity contribution in [2.45, 2.75) is 70.0 Å². The Labute approximate surface area is 154 Å². The molecule has 124 valence electrons. The number of thioether (sulfide) groups is 1. The summed E-state index contributed by atoms with van der Waals surface area (Å²) in [5, 5.41) is 0.588. The number of halogens is 1. The molecular formula is C21H27BrS. The molecule has 0 nitrogen and oxygen atoms in total. The van der Waals surface area contributed by atoms with Gasteiger partial charge in [-0.15, -0.1) is 11.8 Å². The van der Waals surface area contributed by atoms with Gasteiger partial charge in [-0.1, -0.05) is 63.6 Å². The van der Waals surface area contributed by atoms with Crippen LogP contribution in [0.2, 0.25) is 0 Å². The van der Waals surface area contributed by atoms with Crippen LogP contribution in [0.15, 0.2) is 33.7 Å². The smallest absolute Gasteiger partial charge is 0.0469 e. The van der Waals surface area contributed by atoms with Crippen LogP contribution in [0.1, 0.15) is 70.6 Å². The Morgan fingerprint density at radius 2 is 1.78 bits per heavy atom. The number of hydrogen-bond acceptors (Lipinski definition) is 1. The predicted molar refractivity (Wildman–Crippen MR) is 108 cm³/mol. The van der Waals surface area contributed by atoms with Gasteiger partial charge in [0.1, 0.15) is 0 Å². The van der Waals surface area contributed by atoms with E-state index in [1.54, 1.807) is 11.1 Å². The highest BCUT2D eigenvalue weighted by Gasteiger charge is 2.36. The van der Waals surface area contributed by atoms with Crippen molar-refractivity contribution in [3.63, 3.8) is 0 Å². The lowest BCUT2D eigenvalue weighted by atomic mass is 9.63. The van der Waals surface area contributed by atoms with E-state index < -0.39 is 0 Å². The summed E-state index contributed by atoms with van der Waals surface area (Å²) in [6.07, 6.45) is 8.35. The molecule has 1 aromatic carbocycles. The van der Waals surface area contributed by atoms with Gasteiger partial charge in [-0.3, -0.25) is 0 Å². The van der Waals surface area contributed by atoms with Crippen molar-refractivity contribution in [1.82, 2.24) is 0 Å². The fourth-order valence-electron chi connectivity index (χ4n) is 3.76. The molecule has 0 spiro atoms. The Morgan fingerprint density at radius 1 is 1.13 bits per heavy atom. The summed E-state index contributed by atoms with van der Waals surface area (Å²) in [5.41, 5.74) is 6.51. The van der Waals surface area contributed by atoms with Gasteiger partial charge in [0, 0.05) is 9.06 Å². The molecule has 0 fully saturated rings. The number of rotatable bonds is 2. The number of hydrogen-bond donors (Lipinski definition) is 0. The second-order valence-electron chi connectivity index (χ2n) is 8.31. The van der Waals surface area contributed by atoms with Crippen molar-refractivity contribution in [3.8, 4) is 0 Å². The number of benzene rings is 1. The molecule has 1 aromatic rings. The molecule has 1 unspecified atom stereocenters. The summed E-state index contributed by atoms with van der Waals surface area (Å²) in [4.78, 5) is 0. The van der Waals surface area contributed by atoms with Crippen molar-refractivity contribution >= 4 is 33.8 Å². The highest BCUT2D eigenvalue weighted by Crippen LogP contribution is 2.46. The van der Waals surface area contributed by atoms with E-state index in [1.165, 1.54) is 27.8 Å². The fraction of sp³-hybridized carbons (Fsp3) is 0.524. The lowest BCUT2D eigenvalue weighted by Gasteiger charge is -2.42. The van der Waals surface area contributed by atoms with E-state index in [0.717, 1.165) is 6.42 Å². The molecule has 0 radical (unpaired) electrons. The molecule has 1 heterocycles. The van der Waals surface area contributed by atoms with Crippen LogP contribution in [0.3, 0.4) is 0 Å². The number of fused-ring (bicyclic) bond motifs is 1. The Bertz CT molecular complexity index is 679. The zero-order valence-corrected chi connectivity index (χ0v) is 17.3. The van der Waals surface area contributed by atoms with Crippen LogP contribution in [-0.4, -0.2) is 5.25 Å². The Hall–Kier alpha value is -0.470. The van der Waals surface area contributed by atoms with Crippen LogP contribution < -0.4 is 0 Å². The van der Waals surface area contributed by atoms with E-state index in [-0.39, 0.29) is 5.41 Å². The predicted octanol–water partition coefficient (Wildman–Crippen LogP) is 7.18. The second-order valence-corrected chi connectivity index (χ2v) is 10.9. The van der Waals surface area contributed by atoms with E-state index in [9.17, 15) is 0 Å². The fourth-order valence-corrected chi connectivity index (χ4v) is 5.54. The van der Waals surface area contributed by atoms with Crippen molar-refractivity contribution in [3.05, 3.63) is 50.4 Å². The van der Waals surface area contributed by atoms with E-state index in [1.807, 2.05) is 11.8 Å². The second kappa shape index (κ2) is 6.11. The van der Waals surface area contributed by atoms with Crippen molar-refractivity contribution in [2.24, 2.45) is 0 Å². The lowest BCUT2D eigenvalue weighted by molar-refractivity contribution is 0.332. The normalized spacial score (nSPS) is 25.9. The van der Waals surface area contributed by atoms with Gasteiger partial charge in [0.2, 0.25) is 0 Å². The zero-order valence-electron chi connectivity index (χ0n) is 14.9. The van der Waals surface area contributed by atoms with Gasteiger partial charge in [-0.25, -0.2) is 0 Å². The van der Waals surface area contributed by atoms with Crippen molar-refractivity contribution in [2.75, 3.05) is 0 Å². The third kappa shape index (κ3) is 3.49. The molecule has 3 rings (SSSR count). The van der Waals surface area contributed by atoms with Crippen LogP contribution in [0.4, 0.5) is 0 Å². The van der Waals surface area contributed by atoms with Gasteiger partial charge >= 0.3 is 0 Å². The van der Waals surface area contributed by atoms with E-state index in [4.69, 9.17) is 0 Å². The molecule has 0 amide bonds. The van der Waals surface area contributed by atoms with Crippen LogP contribution in [0.25, 0.3) is 6.08 Å². The monoisotopic (exact) mass is 390 g/mol. The molecule has 23 heavy (non-hydrogen) atoms. The first kappa shape index (κ1) is 17.4. The molecule has 0 aromatic heterocycles. The average Bonchev–Trinajstić information content (AvgIpc) is 2.91. The van der Waals surface area contributed by atoms with E-state index in [2.05, 4.69) is 80.9 Å². The van der Waals surface area contributed by atoms with Gasteiger partial charge in [0.15, 0.2) is 0 Å². The summed E-state index contributed by atoms with van der Waals surface area (Å²) in [6, 6.07) is 7.14. The molecule has 0 N–H and O–H groups in total. The van der Waals surface area contributed by atoms with Gasteiger partial charge < -0.3 is 0 Å². The first-order valence-corrected chi connectivity index (χ1v) is 10.2. The van der Waals surface area contributed by atoms with Crippen molar-refractivity contribution < 1.29 is 0 Å². The largest absolute Gasteiger partial charge is 0.111 e. The number of allylic oxidation sites excluding steroid dienone is 1. The van der Waals surface area contributed by atoms with Gasteiger partial charge in [0.05, 0.1) is 0 Å². The molecule has 2 heteroatoms. The van der Waals surface area contributed by atoms with Crippen molar-refractivity contribution in [1.29, 1.82) is 0 Å². The summed E-state index contributed by atoms with van der Waals surface area (Å²) in [7, 11) is 0. The quantitative estimate of drug-likeness (QED) is 0.514. The van der Waals surface area contributed by atoms with E-state index >= 15 is 0 Å². The zero-order chi connectivity index (χ0) is 16.8. The first-order chi connectivity index (χ1) is 10.7. The minimum atomic E-state index is 0.287. The Kier molecular flexibility index (Phi) is 4.61. The molecule has 2 aliphatic rings. The van der Waals surface area contributed by atoms with Crippen LogP contribution >= 0.6 is 27.7 Å². The lowest BCUT2D eigenvalue weighted by Crippen LogP contribution is -2.33. The van der Waals surface area contributed by atoms with Crippen LogP contribution in [0, 0.1) is 0 Å².